The molecule has 1 aromatic carbocycles. The molecule has 0 fully saturated rings. The first-order chi connectivity index (χ1) is 8.60. The van der Waals surface area contributed by atoms with Crippen molar-refractivity contribution in [2.75, 3.05) is 0 Å². The lowest BCUT2D eigenvalue weighted by atomic mass is 9.78. The second kappa shape index (κ2) is 5.45. The van der Waals surface area contributed by atoms with E-state index in [2.05, 4.69) is 5.32 Å². The fraction of sp³-hybridized carbons (Fsp3) is 0.500. The molecule has 1 aromatic rings. The van der Waals surface area contributed by atoms with Gasteiger partial charge in [0.25, 0.3) is 5.91 Å². The molecule has 0 aliphatic heterocycles. The lowest BCUT2D eigenvalue weighted by Crippen LogP contribution is -2.53. The van der Waals surface area contributed by atoms with Crippen LogP contribution in [-0.4, -0.2) is 17.9 Å². The molecule has 0 spiro atoms. The van der Waals surface area contributed by atoms with Crippen LogP contribution in [-0.2, 0) is 10.2 Å². The Kier molecular flexibility index (Phi) is 4.56. The van der Waals surface area contributed by atoms with Crippen LogP contribution in [0, 0.1) is 0 Å². The van der Waals surface area contributed by atoms with Gasteiger partial charge in [-0.3, -0.25) is 4.79 Å². The smallest absolute Gasteiger partial charge is 0.333 e. The van der Waals surface area contributed by atoms with Gasteiger partial charge in [-0.1, -0.05) is 29.8 Å². The second-order valence-electron chi connectivity index (χ2n) is 5.31. The molecule has 5 heteroatoms. The molecule has 0 saturated carbocycles. The quantitative estimate of drug-likeness (QED) is 0.898. The molecule has 1 N–H and O–H groups in total. The fourth-order valence-electron chi connectivity index (χ4n) is 1.77. The zero-order valence-electron chi connectivity index (χ0n) is 11.4. The minimum absolute atomic E-state index is 0.226. The summed E-state index contributed by atoms with van der Waals surface area (Å²) in [5, 5.41) is 2.47. The van der Waals surface area contributed by atoms with Gasteiger partial charge in [-0.2, -0.15) is 8.78 Å². The SMILES string of the molecule is CC(C)NC(=O)C(F)(F)C(C)(C)c1ccccc1Cl. The normalized spacial score (nSPS) is 12.6. The topological polar surface area (TPSA) is 29.1 Å². The molecule has 1 rings (SSSR count). The predicted octanol–water partition coefficient (Wildman–Crippen LogP) is 3.78. The van der Waals surface area contributed by atoms with Crippen molar-refractivity contribution in [3.8, 4) is 0 Å². The number of carbonyl (C=O) groups is 1. The summed E-state index contributed by atoms with van der Waals surface area (Å²) in [4.78, 5) is 11.7. The molecular weight excluding hydrogens is 272 g/mol. The number of hydrogen-bond donors (Lipinski definition) is 1. The first-order valence-electron chi connectivity index (χ1n) is 6.04. The van der Waals surface area contributed by atoms with Crippen molar-refractivity contribution in [3.05, 3.63) is 34.9 Å². The van der Waals surface area contributed by atoms with Gasteiger partial charge in [0.05, 0.1) is 5.41 Å². The average Bonchev–Trinajstić information content (AvgIpc) is 2.28. The molecule has 0 unspecified atom stereocenters. The van der Waals surface area contributed by atoms with Crippen molar-refractivity contribution in [3.63, 3.8) is 0 Å². The Morgan fingerprint density at radius 3 is 2.26 bits per heavy atom. The maximum absolute atomic E-state index is 14.4. The molecule has 0 aliphatic carbocycles. The van der Waals surface area contributed by atoms with Gasteiger partial charge in [0.2, 0.25) is 0 Å². The molecule has 106 valence electrons. The molecule has 0 bridgehead atoms. The van der Waals surface area contributed by atoms with Gasteiger partial charge in [0.15, 0.2) is 0 Å². The Morgan fingerprint density at radius 2 is 1.79 bits per heavy atom. The summed E-state index contributed by atoms with van der Waals surface area (Å²) in [6.45, 7) is 5.90. The van der Waals surface area contributed by atoms with Gasteiger partial charge < -0.3 is 5.32 Å². The number of rotatable bonds is 4. The summed E-state index contributed by atoms with van der Waals surface area (Å²) in [5.41, 5.74) is -1.44. The van der Waals surface area contributed by atoms with E-state index in [1.165, 1.54) is 26.0 Å². The number of amides is 1. The summed E-state index contributed by atoms with van der Waals surface area (Å²) in [7, 11) is 0. The van der Waals surface area contributed by atoms with Gasteiger partial charge in [-0.25, -0.2) is 0 Å². The van der Waals surface area contributed by atoms with Gasteiger partial charge in [-0.15, -0.1) is 0 Å². The number of hydrogen-bond acceptors (Lipinski definition) is 1. The number of alkyl halides is 2. The number of carbonyl (C=O) groups excluding carboxylic acids is 1. The molecule has 0 aliphatic rings. The molecule has 0 saturated heterocycles. The average molecular weight is 290 g/mol. The lowest BCUT2D eigenvalue weighted by molar-refractivity contribution is -0.156. The first-order valence-corrected chi connectivity index (χ1v) is 6.42. The standard InChI is InChI=1S/C14H18ClF2NO/c1-9(2)18-12(19)14(16,17)13(3,4)10-7-5-6-8-11(10)15/h5-9H,1-4H3,(H,18,19). The summed E-state index contributed by atoms with van der Waals surface area (Å²) < 4.78 is 28.7. The van der Waals surface area contributed by atoms with Crippen LogP contribution in [0.3, 0.4) is 0 Å². The van der Waals surface area contributed by atoms with Gasteiger partial charge in [0, 0.05) is 11.1 Å². The highest BCUT2D eigenvalue weighted by Gasteiger charge is 2.54. The van der Waals surface area contributed by atoms with Gasteiger partial charge in [0.1, 0.15) is 0 Å². The van der Waals surface area contributed by atoms with Crippen LogP contribution in [0.1, 0.15) is 33.3 Å². The Hall–Kier alpha value is -1.16. The molecule has 0 radical (unpaired) electrons. The van der Waals surface area contributed by atoms with Crippen molar-refractivity contribution < 1.29 is 13.6 Å². The van der Waals surface area contributed by atoms with E-state index in [1.807, 2.05) is 0 Å². The first kappa shape index (κ1) is 15.9. The second-order valence-corrected chi connectivity index (χ2v) is 5.71. The molecule has 19 heavy (non-hydrogen) atoms. The maximum atomic E-state index is 14.4. The van der Waals surface area contributed by atoms with Crippen LogP contribution in [0.5, 0.6) is 0 Å². The zero-order valence-corrected chi connectivity index (χ0v) is 12.2. The van der Waals surface area contributed by atoms with E-state index in [1.54, 1.807) is 26.0 Å². The van der Waals surface area contributed by atoms with E-state index in [9.17, 15) is 13.6 Å². The summed E-state index contributed by atoms with van der Waals surface area (Å²) in [6, 6.07) is 5.99. The Balaban J connectivity index is 3.18. The minimum Gasteiger partial charge on any atom is -0.349 e. The van der Waals surface area contributed by atoms with Crippen molar-refractivity contribution >= 4 is 17.5 Å². The third-order valence-corrected chi connectivity index (χ3v) is 3.37. The number of nitrogens with one attached hydrogen (secondary N) is 1. The van der Waals surface area contributed by atoms with Gasteiger partial charge in [-0.05, 0) is 39.3 Å². The maximum Gasteiger partial charge on any atom is 0.333 e. The Morgan fingerprint density at radius 1 is 1.26 bits per heavy atom. The fourth-order valence-corrected chi connectivity index (χ4v) is 2.15. The van der Waals surface area contributed by atoms with Crippen LogP contribution in [0.4, 0.5) is 8.78 Å². The van der Waals surface area contributed by atoms with E-state index in [4.69, 9.17) is 11.6 Å². The molecule has 2 nitrogen and oxygen atoms in total. The van der Waals surface area contributed by atoms with Crippen molar-refractivity contribution in [2.24, 2.45) is 0 Å². The lowest BCUT2D eigenvalue weighted by Gasteiger charge is -2.34. The molecule has 1 amide bonds. The van der Waals surface area contributed by atoms with Crippen LogP contribution in [0.25, 0.3) is 0 Å². The van der Waals surface area contributed by atoms with Crippen LogP contribution in [0.2, 0.25) is 5.02 Å². The highest BCUT2D eigenvalue weighted by Crippen LogP contribution is 2.42. The van der Waals surface area contributed by atoms with Crippen molar-refractivity contribution in [1.29, 1.82) is 0 Å². The van der Waals surface area contributed by atoms with Crippen LogP contribution >= 0.6 is 11.6 Å². The molecule has 0 aromatic heterocycles. The van der Waals surface area contributed by atoms with Crippen molar-refractivity contribution in [1.82, 2.24) is 5.32 Å². The Bertz CT molecular complexity index is 472. The van der Waals surface area contributed by atoms with E-state index in [-0.39, 0.29) is 16.6 Å². The minimum atomic E-state index is -3.55. The van der Waals surface area contributed by atoms with Gasteiger partial charge >= 0.3 is 5.92 Å². The van der Waals surface area contributed by atoms with E-state index >= 15 is 0 Å². The van der Waals surface area contributed by atoms with Crippen LogP contribution < -0.4 is 5.32 Å². The van der Waals surface area contributed by atoms with Crippen molar-refractivity contribution in [2.45, 2.75) is 45.1 Å². The Labute approximate surface area is 117 Å². The summed E-state index contributed by atoms with van der Waals surface area (Å²) >= 11 is 5.96. The third-order valence-electron chi connectivity index (χ3n) is 3.04. The number of halogens is 3. The predicted molar refractivity (Wildman–Crippen MR) is 72.7 cm³/mol. The molecular formula is C14H18ClF2NO. The highest BCUT2D eigenvalue weighted by molar-refractivity contribution is 6.31. The molecule has 0 atom stereocenters. The number of benzene rings is 1. The summed E-state index contributed by atoms with van der Waals surface area (Å²) in [6.07, 6.45) is 0. The van der Waals surface area contributed by atoms with E-state index in [0.29, 0.717) is 0 Å². The van der Waals surface area contributed by atoms with E-state index < -0.39 is 17.2 Å². The zero-order chi connectivity index (χ0) is 14.8. The highest BCUT2D eigenvalue weighted by atomic mass is 35.5. The molecule has 0 heterocycles. The van der Waals surface area contributed by atoms with E-state index in [0.717, 1.165) is 0 Å². The summed E-state index contributed by atoms with van der Waals surface area (Å²) in [5.74, 6) is -4.84. The monoisotopic (exact) mass is 289 g/mol. The van der Waals surface area contributed by atoms with Crippen LogP contribution in [0.15, 0.2) is 24.3 Å². The largest absolute Gasteiger partial charge is 0.349 e. The third kappa shape index (κ3) is 3.06.